The molecule has 1 heterocycles. The van der Waals surface area contributed by atoms with Crippen LogP contribution in [0.25, 0.3) is 0 Å². The van der Waals surface area contributed by atoms with Crippen LogP contribution in [0.5, 0.6) is 5.75 Å². The number of anilines is 1. The van der Waals surface area contributed by atoms with Crippen LogP contribution in [-0.2, 0) is 6.54 Å². The second-order valence-electron chi connectivity index (χ2n) is 4.43. The summed E-state index contributed by atoms with van der Waals surface area (Å²) in [7, 11) is 4.06. The van der Waals surface area contributed by atoms with Gasteiger partial charge in [0.05, 0.1) is 12.2 Å². The van der Waals surface area contributed by atoms with Crippen molar-refractivity contribution in [2.75, 3.05) is 32.6 Å². The van der Waals surface area contributed by atoms with E-state index in [0.29, 0.717) is 13.2 Å². The Hall–Kier alpha value is -1.66. The van der Waals surface area contributed by atoms with Gasteiger partial charge in [-0.25, -0.2) is 0 Å². The highest BCUT2D eigenvalue weighted by Crippen LogP contribution is 2.17. The van der Waals surface area contributed by atoms with Gasteiger partial charge < -0.3 is 15.0 Å². The number of hydrogen-bond acceptors (Lipinski definition) is 6. The van der Waals surface area contributed by atoms with E-state index < -0.39 is 0 Å². The van der Waals surface area contributed by atoms with Crippen molar-refractivity contribution in [2.24, 2.45) is 0 Å². The lowest BCUT2D eigenvalue weighted by Crippen LogP contribution is -2.19. The van der Waals surface area contributed by atoms with Crippen LogP contribution >= 0.6 is 11.5 Å². The van der Waals surface area contributed by atoms with Crippen LogP contribution in [0.15, 0.2) is 29.6 Å². The smallest absolute Gasteiger partial charge is 0.121 e. The zero-order chi connectivity index (χ0) is 13.5. The molecule has 1 N–H and O–H groups in total. The molecule has 0 spiro atoms. The average Bonchev–Trinajstić information content (AvgIpc) is 2.89. The van der Waals surface area contributed by atoms with Gasteiger partial charge >= 0.3 is 0 Å². The van der Waals surface area contributed by atoms with Crippen LogP contribution in [0, 0.1) is 0 Å². The molecule has 0 saturated carbocycles. The van der Waals surface area contributed by atoms with E-state index in [-0.39, 0.29) is 0 Å². The molecule has 2 aromatic rings. The van der Waals surface area contributed by atoms with Crippen molar-refractivity contribution < 1.29 is 4.74 Å². The zero-order valence-electron chi connectivity index (χ0n) is 11.2. The Morgan fingerprint density at radius 2 is 2.26 bits per heavy atom. The summed E-state index contributed by atoms with van der Waals surface area (Å²) in [6, 6.07) is 7.95. The first-order valence-electron chi connectivity index (χ1n) is 6.11. The van der Waals surface area contributed by atoms with Crippen LogP contribution in [-0.4, -0.2) is 41.7 Å². The highest BCUT2D eigenvalue weighted by Gasteiger charge is 1.99. The lowest BCUT2D eigenvalue weighted by atomic mass is 10.3. The van der Waals surface area contributed by atoms with Crippen molar-refractivity contribution >= 4 is 17.2 Å². The molecule has 0 aliphatic rings. The molecule has 5 nitrogen and oxygen atoms in total. The van der Waals surface area contributed by atoms with Crippen LogP contribution in [0.2, 0.25) is 0 Å². The summed E-state index contributed by atoms with van der Waals surface area (Å²) < 4.78 is 9.52. The highest BCUT2D eigenvalue weighted by molar-refractivity contribution is 7.03. The van der Waals surface area contributed by atoms with E-state index in [2.05, 4.69) is 19.8 Å². The second kappa shape index (κ2) is 7.06. The lowest BCUT2D eigenvalue weighted by Gasteiger charge is -2.12. The topological polar surface area (TPSA) is 50.3 Å². The Labute approximate surface area is 117 Å². The van der Waals surface area contributed by atoms with Gasteiger partial charge in [-0.1, -0.05) is 10.6 Å². The largest absolute Gasteiger partial charge is 0.492 e. The van der Waals surface area contributed by atoms with E-state index in [1.165, 1.54) is 11.5 Å². The molecule has 0 saturated heterocycles. The minimum Gasteiger partial charge on any atom is -0.492 e. The summed E-state index contributed by atoms with van der Waals surface area (Å²) in [5.74, 6) is 0.878. The number of rotatable bonds is 7. The summed E-state index contributed by atoms with van der Waals surface area (Å²) in [6.07, 6.45) is 0. The van der Waals surface area contributed by atoms with Gasteiger partial charge in [0.25, 0.3) is 0 Å². The minimum atomic E-state index is 0.678. The van der Waals surface area contributed by atoms with Crippen LogP contribution in [0.4, 0.5) is 5.69 Å². The molecule has 0 aliphatic carbocycles. The van der Waals surface area contributed by atoms with E-state index in [1.807, 2.05) is 43.7 Å². The van der Waals surface area contributed by atoms with Crippen molar-refractivity contribution in [1.82, 2.24) is 14.5 Å². The predicted molar refractivity (Wildman–Crippen MR) is 77.7 cm³/mol. The molecular weight excluding hydrogens is 260 g/mol. The number of nitrogens with one attached hydrogen (secondary N) is 1. The van der Waals surface area contributed by atoms with Gasteiger partial charge in [0.1, 0.15) is 12.4 Å². The van der Waals surface area contributed by atoms with E-state index in [1.54, 1.807) is 0 Å². The molecule has 0 aliphatic heterocycles. The van der Waals surface area contributed by atoms with Crippen LogP contribution in [0.3, 0.4) is 0 Å². The molecule has 0 radical (unpaired) electrons. The molecule has 0 bridgehead atoms. The van der Waals surface area contributed by atoms with E-state index in [0.717, 1.165) is 23.7 Å². The predicted octanol–water partition coefficient (Wildman–Crippen LogP) is 2.09. The monoisotopic (exact) mass is 278 g/mol. The highest BCUT2D eigenvalue weighted by atomic mass is 32.1. The maximum atomic E-state index is 5.69. The second-order valence-corrected chi connectivity index (χ2v) is 5.04. The maximum Gasteiger partial charge on any atom is 0.121 e. The maximum absolute atomic E-state index is 5.69. The normalized spacial score (nSPS) is 10.7. The third-order valence-electron chi connectivity index (χ3n) is 2.52. The van der Waals surface area contributed by atoms with E-state index >= 15 is 0 Å². The van der Waals surface area contributed by atoms with Crippen molar-refractivity contribution in [3.8, 4) is 5.75 Å². The summed E-state index contributed by atoms with van der Waals surface area (Å²) in [6.45, 7) is 2.27. The first kappa shape index (κ1) is 13.8. The van der Waals surface area contributed by atoms with Crippen LogP contribution in [0.1, 0.15) is 5.69 Å². The third kappa shape index (κ3) is 4.84. The number of aromatic nitrogens is 2. The zero-order valence-corrected chi connectivity index (χ0v) is 12.0. The Morgan fingerprint density at radius 3 is 3.00 bits per heavy atom. The van der Waals surface area contributed by atoms with Gasteiger partial charge in [-0.15, -0.1) is 5.10 Å². The molecular formula is C13H18N4OS. The number of nitrogens with zero attached hydrogens (tertiary/aromatic N) is 3. The van der Waals surface area contributed by atoms with Gasteiger partial charge in [0, 0.05) is 23.7 Å². The molecule has 0 fully saturated rings. The number of hydrogen-bond donors (Lipinski definition) is 1. The molecule has 6 heteroatoms. The molecule has 102 valence electrons. The van der Waals surface area contributed by atoms with Gasteiger partial charge in [-0.05, 0) is 37.8 Å². The van der Waals surface area contributed by atoms with Crippen molar-refractivity contribution in [1.29, 1.82) is 0 Å². The van der Waals surface area contributed by atoms with Gasteiger partial charge in [-0.3, -0.25) is 0 Å². The molecule has 0 amide bonds. The van der Waals surface area contributed by atoms with Gasteiger partial charge in [0.2, 0.25) is 0 Å². The Bertz CT molecular complexity index is 487. The molecule has 0 atom stereocenters. The van der Waals surface area contributed by atoms with Crippen molar-refractivity contribution in [2.45, 2.75) is 6.54 Å². The molecule has 0 unspecified atom stereocenters. The Morgan fingerprint density at radius 1 is 1.37 bits per heavy atom. The molecule has 1 aromatic carbocycles. The van der Waals surface area contributed by atoms with E-state index in [4.69, 9.17) is 4.74 Å². The summed E-state index contributed by atoms with van der Waals surface area (Å²) >= 11 is 1.36. The summed E-state index contributed by atoms with van der Waals surface area (Å²) in [5, 5.41) is 9.23. The first-order chi connectivity index (χ1) is 9.24. The molecule has 2 rings (SSSR count). The van der Waals surface area contributed by atoms with Gasteiger partial charge in [0.15, 0.2) is 0 Å². The average molecular weight is 278 g/mol. The Balaban J connectivity index is 1.84. The number of benzene rings is 1. The van der Waals surface area contributed by atoms with Crippen molar-refractivity contribution in [3.63, 3.8) is 0 Å². The van der Waals surface area contributed by atoms with Crippen LogP contribution < -0.4 is 10.1 Å². The fourth-order valence-electron chi connectivity index (χ4n) is 1.50. The first-order valence-corrected chi connectivity index (χ1v) is 6.95. The summed E-state index contributed by atoms with van der Waals surface area (Å²) in [4.78, 5) is 2.09. The van der Waals surface area contributed by atoms with Gasteiger partial charge in [-0.2, -0.15) is 0 Å². The SMILES string of the molecule is CN(C)CCOc1cccc(NCc2csnn2)c1. The van der Waals surface area contributed by atoms with E-state index in [9.17, 15) is 0 Å². The third-order valence-corrected chi connectivity index (χ3v) is 3.07. The molecule has 19 heavy (non-hydrogen) atoms. The minimum absolute atomic E-state index is 0.678. The fraction of sp³-hybridized carbons (Fsp3) is 0.385. The lowest BCUT2D eigenvalue weighted by molar-refractivity contribution is 0.261. The number of likely N-dealkylation sites (N-methyl/N-ethyl adjacent to an activating group) is 1. The molecule has 1 aromatic heterocycles. The Kier molecular flexibility index (Phi) is 5.11. The number of ether oxygens (including phenoxy) is 1. The quantitative estimate of drug-likeness (QED) is 0.840. The summed E-state index contributed by atoms with van der Waals surface area (Å²) in [5.41, 5.74) is 1.97. The fourth-order valence-corrected chi connectivity index (χ4v) is 1.95. The van der Waals surface area contributed by atoms with Crippen molar-refractivity contribution in [3.05, 3.63) is 35.3 Å². The standard InChI is InChI=1S/C13H18N4OS/c1-17(2)6-7-18-13-5-3-4-11(8-13)14-9-12-10-19-16-15-12/h3-5,8,10,14H,6-7,9H2,1-2H3.